The van der Waals surface area contributed by atoms with Crippen molar-refractivity contribution in [2.45, 2.75) is 6.92 Å². The van der Waals surface area contributed by atoms with Crippen LogP contribution >= 0.6 is 22.6 Å². The van der Waals surface area contributed by atoms with Crippen molar-refractivity contribution in [2.75, 3.05) is 0 Å². The molecule has 1 aromatic rings. The topological polar surface area (TPSA) is 0 Å². The van der Waals surface area contributed by atoms with Crippen LogP contribution in [0.15, 0.2) is 22.3 Å². The monoisotopic (exact) mass is 269 g/mol. The van der Waals surface area contributed by atoms with E-state index in [1.807, 2.05) is 47.7 Å². The van der Waals surface area contributed by atoms with Crippen LogP contribution in [-0.2, 0) is 0 Å². The van der Waals surface area contributed by atoms with Crippen LogP contribution in [0.5, 0.6) is 0 Å². The highest BCUT2D eigenvalue weighted by Gasteiger charge is 1.95. The molecule has 0 aliphatic carbocycles. The van der Waals surface area contributed by atoms with Crippen molar-refractivity contribution in [2.24, 2.45) is 0 Å². The minimum absolute atomic E-state index is 0.466. The smallest absolute Gasteiger partial charge is 0.0634 e. The zero-order chi connectivity index (χ0) is 9.84. The van der Waals surface area contributed by atoms with Gasteiger partial charge in [-0.2, -0.15) is 0 Å². The third-order valence-electron chi connectivity index (χ3n) is 1.54. The van der Waals surface area contributed by atoms with Gasteiger partial charge in [-0.3, -0.25) is 0 Å². The van der Waals surface area contributed by atoms with Crippen molar-refractivity contribution >= 4 is 28.6 Å². The van der Waals surface area contributed by atoms with Gasteiger partial charge in [0.05, 0.1) is 1.37 Å². The molecule has 0 aliphatic heterocycles. The number of benzene rings is 1. The van der Waals surface area contributed by atoms with Crippen molar-refractivity contribution in [3.63, 3.8) is 0 Å². The molecule has 1 rings (SSSR count). The van der Waals surface area contributed by atoms with Gasteiger partial charge in [-0.25, -0.2) is 0 Å². The maximum Gasteiger partial charge on any atom is 0.0634 e. The molecule has 0 aliphatic rings. The van der Waals surface area contributed by atoms with E-state index in [9.17, 15) is 0 Å². The Labute approximate surface area is 88.2 Å². The molecule has 0 fully saturated rings. The number of aryl methyl sites for hydroxylation is 1. The van der Waals surface area contributed by atoms with Crippen molar-refractivity contribution in [1.29, 1.82) is 0 Å². The molecule has 0 N–H and O–H groups in total. The molecule has 0 saturated heterocycles. The Morgan fingerprint density at radius 3 is 3.00 bits per heavy atom. The van der Waals surface area contributed by atoms with Gasteiger partial charge in [-0.1, -0.05) is 40.6 Å². The Hall–Kier alpha value is -0.750. The summed E-state index contributed by atoms with van der Waals surface area (Å²) >= 11 is 2.04. The molecule has 0 saturated carbocycles. The third-order valence-corrected chi connectivity index (χ3v) is 1.85. The first-order chi connectivity index (χ1) is 6.19. The van der Waals surface area contributed by atoms with Crippen LogP contribution in [0, 0.1) is 19.3 Å². The summed E-state index contributed by atoms with van der Waals surface area (Å²) in [5.41, 5.74) is 2.73. The first kappa shape index (κ1) is 7.88. The van der Waals surface area contributed by atoms with Gasteiger partial charge in [0.15, 0.2) is 0 Å². The zero-order valence-electron chi connectivity index (χ0n) is 7.76. The number of halogens is 1. The fourth-order valence-electron chi connectivity index (χ4n) is 0.962. The van der Waals surface area contributed by atoms with Gasteiger partial charge in [0.1, 0.15) is 0 Å². The highest BCUT2D eigenvalue weighted by atomic mass is 127. The SMILES string of the molecule is [2H]/C(=C\I)c1ccc(C)cc1C#C. The van der Waals surface area contributed by atoms with E-state index in [1.54, 1.807) is 4.08 Å². The molecule has 1 aromatic carbocycles. The van der Waals surface area contributed by atoms with E-state index < -0.39 is 0 Å². The molecule has 1 heteroatoms. The minimum Gasteiger partial charge on any atom is -0.115 e. The van der Waals surface area contributed by atoms with E-state index in [1.165, 1.54) is 0 Å². The molecular weight excluding hydrogens is 259 g/mol. The lowest BCUT2D eigenvalue weighted by molar-refractivity contribution is 1.44. The predicted molar refractivity (Wildman–Crippen MR) is 62.2 cm³/mol. The van der Waals surface area contributed by atoms with E-state index in [0.717, 1.165) is 16.7 Å². The molecule has 0 bridgehead atoms. The highest BCUT2D eigenvalue weighted by molar-refractivity contribution is 14.1. The van der Waals surface area contributed by atoms with Crippen LogP contribution in [0.25, 0.3) is 6.05 Å². The van der Waals surface area contributed by atoms with Crippen molar-refractivity contribution in [3.8, 4) is 12.3 Å². The van der Waals surface area contributed by atoms with Crippen molar-refractivity contribution in [3.05, 3.63) is 39.0 Å². The Bertz CT molecular complexity index is 386. The van der Waals surface area contributed by atoms with Gasteiger partial charge in [0.2, 0.25) is 0 Å². The number of hydrogen-bond donors (Lipinski definition) is 0. The van der Waals surface area contributed by atoms with Crippen LogP contribution in [-0.4, -0.2) is 0 Å². The van der Waals surface area contributed by atoms with E-state index >= 15 is 0 Å². The molecule has 0 spiro atoms. The molecular formula is C11H9I. The fraction of sp³-hybridized carbons (Fsp3) is 0.0909. The molecule has 0 amide bonds. The van der Waals surface area contributed by atoms with Gasteiger partial charge in [0, 0.05) is 5.56 Å². The van der Waals surface area contributed by atoms with E-state index in [2.05, 4.69) is 5.92 Å². The lowest BCUT2D eigenvalue weighted by atomic mass is 10.1. The summed E-state index contributed by atoms with van der Waals surface area (Å²) in [5.74, 6) is 2.59. The largest absolute Gasteiger partial charge is 0.115 e. The quantitative estimate of drug-likeness (QED) is 0.541. The molecule has 12 heavy (non-hydrogen) atoms. The first-order valence-corrected chi connectivity index (χ1v) is 4.78. The minimum atomic E-state index is 0.466. The molecule has 0 aromatic heterocycles. The van der Waals surface area contributed by atoms with Crippen LogP contribution < -0.4 is 0 Å². The van der Waals surface area contributed by atoms with Gasteiger partial charge < -0.3 is 0 Å². The average Bonchev–Trinajstić information content (AvgIpc) is 2.16. The molecule has 0 atom stereocenters. The maximum absolute atomic E-state index is 7.63. The number of terminal acetylenes is 1. The van der Waals surface area contributed by atoms with Crippen LogP contribution in [0.2, 0.25) is 0 Å². The molecule has 0 nitrogen and oxygen atoms in total. The lowest BCUT2D eigenvalue weighted by Crippen LogP contribution is -1.82. The standard InChI is InChI=1S/C11H9I/c1-3-10-8-9(2)4-5-11(10)6-7-12/h1,4-8H,2H3/b7-6+/i6D. The van der Waals surface area contributed by atoms with Gasteiger partial charge in [-0.05, 0) is 34.3 Å². The van der Waals surface area contributed by atoms with Gasteiger partial charge >= 0.3 is 0 Å². The molecule has 0 unspecified atom stereocenters. The lowest BCUT2D eigenvalue weighted by Gasteiger charge is -1.99. The second-order valence-corrected chi connectivity index (χ2v) is 3.07. The fourth-order valence-corrected chi connectivity index (χ4v) is 1.30. The zero-order valence-corrected chi connectivity index (χ0v) is 8.92. The van der Waals surface area contributed by atoms with E-state index in [4.69, 9.17) is 7.79 Å². The maximum atomic E-state index is 7.63. The summed E-state index contributed by atoms with van der Waals surface area (Å²) in [5, 5.41) is 0. The first-order valence-electron chi connectivity index (χ1n) is 4.03. The van der Waals surface area contributed by atoms with Crippen LogP contribution in [0.4, 0.5) is 0 Å². The summed E-state index contributed by atoms with van der Waals surface area (Å²) in [6.07, 6.45) is 5.35. The second kappa shape index (κ2) is 4.32. The number of hydrogen-bond acceptors (Lipinski definition) is 0. The predicted octanol–water partition coefficient (Wildman–Crippen LogP) is 3.38. The molecule has 0 radical (unpaired) electrons. The Kier molecular flexibility index (Phi) is 2.83. The van der Waals surface area contributed by atoms with E-state index in [-0.39, 0.29) is 0 Å². The van der Waals surface area contributed by atoms with Gasteiger partial charge in [-0.15, -0.1) is 6.42 Å². The van der Waals surface area contributed by atoms with Crippen molar-refractivity contribution < 1.29 is 1.37 Å². The summed E-state index contributed by atoms with van der Waals surface area (Å²) in [6.45, 7) is 1.99. The molecule has 0 heterocycles. The van der Waals surface area contributed by atoms with E-state index in [0.29, 0.717) is 6.05 Å². The Morgan fingerprint density at radius 2 is 2.42 bits per heavy atom. The second-order valence-electron chi connectivity index (χ2n) is 2.45. The van der Waals surface area contributed by atoms with Crippen LogP contribution in [0.1, 0.15) is 18.1 Å². The van der Waals surface area contributed by atoms with Crippen molar-refractivity contribution in [1.82, 2.24) is 0 Å². The summed E-state index contributed by atoms with van der Waals surface area (Å²) in [7, 11) is 0. The summed E-state index contributed by atoms with van der Waals surface area (Å²) < 4.78 is 9.35. The summed E-state index contributed by atoms with van der Waals surface area (Å²) in [4.78, 5) is 0. The summed E-state index contributed by atoms with van der Waals surface area (Å²) in [6, 6.07) is 6.24. The normalized spacial score (nSPS) is 12.1. The average molecular weight is 269 g/mol. The number of rotatable bonds is 1. The molecule has 60 valence electrons. The Balaban J connectivity index is 3.32. The highest BCUT2D eigenvalue weighted by Crippen LogP contribution is 2.12. The third kappa shape index (κ3) is 2.12. The van der Waals surface area contributed by atoms with Crippen LogP contribution in [0.3, 0.4) is 0 Å². The van der Waals surface area contributed by atoms with Gasteiger partial charge in [0.25, 0.3) is 0 Å². The Morgan fingerprint density at radius 1 is 1.67 bits per heavy atom.